The van der Waals surface area contributed by atoms with Crippen LogP contribution in [0, 0.1) is 0 Å². The molecule has 0 fully saturated rings. The third-order valence-electron chi connectivity index (χ3n) is 3.88. The second-order valence-electron chi connectivity index (χ2n) is 6.00. The molecule has 152 valence electrons. The summed E-state index contributed by atoms with van der Waals surface area (Å²) in [4.78, 5) is 12.4. The number of benzene rings is 2. The molecular formula is C18H16Cl2N4O3S2. The number of nitrogens with zero attached hydrogens (tertiary/aromatic N) is 3. The largest absolute Gasteiger partial charge is 0.325 e. The zero-order valence-corrected chi connectivity index (χ0v) is 18.3. The summed E-state index contributed by atoms with van der Waals surface area (Å²) in [5, 5.41) is 11.8. The van der Waals surface area contributed by atoms with Crippen molar-refractivity contribution in [1.29, 1.82) is 0 Å². The van der Waals surface area contributed by atoms with Gasteiger partial charge in [-0.1, -0.05) is 53.2 Å². The highest BCUT2D eigenvalue weighted by atomic mass is 35.5. The number of aromatic nitrogens is 3. The first-order valence-corrected chi connectivity index (χ1v) is 11.7. The van der Waals surface area contributed by atoms with E-state index < -0.39 is 9.84 Å². The molecule has 2 aromatic carbocycles. The van der Waals surface area contributed by atoms with Gasteiger partial charge in [-0.25, -0.2) is 8.42 Å². The highest BCUT2D eigenvalue weighted by Gasteiger charge is 2.20. The molecular weight excluding hydrogens is 455 g/mol. The molecule has 3 aromatic rings. The summed E-state index contributed by atoms with van der Waals surface area (Å²) in [6.07, 6.45) is 0. The van der Waals surface area contributed by atoms with Gasteiger partial charge in [0.2, 0.25) is 5.91 Å². The molecule has 0 aliphatic carbocycles. The van der Waals surface area contributed by atoms with Crippen LogP contribution < -0.4 is 5.32 Å². The lowest BCUT2D eigenvalue weighted by Crippen LogP contribution is -2.14. The molecule has 0 saturated carbocycles. The van der Waals surface area contributed by atoms with Gasteiger partial charge in [0.15, 0.2) is 15.0 Å². The highest BCUT2D eigenvalue weighted by Crippen LogP contribution is 2.25. The molecule has 7 nitrogen and oxygen atoms in total. The molecule has 0 spiro atoms. The lowest BCUT2D eigenvalue weighted by Gasteiger charge is -2.07. The van der Waals surface area contributed by atoms with E-state index in [0.717, 1.165) is 11.8 Å². The minimum atomic E-state index is -3.54. The summed E-state index contributed by atoms with van der Waals surface area (Å²) in [7, 11) is -1.88. The number of hydrogen-bond acceptors (Lipinski definition) is 6. The highest BCUT2D eigenvalue weighted by molar-refractivity contribution is 7.99. The van der Waals surface area contributed by atoms with Crippen molar-refractivity contribution < 1.29 is 13.2 Å². The number of rotatable bonds is 7. The van der Waals surface area contributed by atoms with Gasteiger partial charge >= 0.3 is 0 Å². The van der Waals surface area contributed by atoms with Gasteiger partial charge < -0.3 is 9.88 Å². The Hall–Kier alpha value is -2.07. The van der Waals surface area contributed by atoms with Crippen LogP contribution in [-0.4, -0.2) is 34.8 Å². The van der Waals surface area contributed by atoms with E-state index >= 15 is 0 Å². The maximum absolute atomic E-state index is 12.5. The Balaban J connectivity index is 1.62. The van der Waals surface area contributed by atoms with Gasteiger partial charge in [0.25, 0.3) is 0 Å². The van der Waals surface area contributed by atoms with Gasteiger partial charge in [0, 0.05) is 12.7 Å². The SMILES string of the molecule is Cn1c(CS(=O)(=O)c2ccccc2)nnc1SCC(=O)Nc1ccc(Cl)c(Cl)c1. The number of anilines is 1. The number of thioether (sulfide) groups is 1. The Morgan fingerprint density at radius 2 is 1.83 bits per heavy atom. The van der Waals surface area contributed by atoms with E-state index in [1.165, 1.54) is 12.1 Å². The molecule has 0 saturated heterocycles. The van der Waals surface area contributed by atoms with Crippen LogP contribution >= 0.6 is 35.0 Å². The fraction of sp³-hybridized carbons (Fsp3) is 0.167. The quantitative estimate of drug-likeness (QED) is 0.527. The van der Waals surface area contributed by atoms with E-state index in [0.29, 0.717) is 26.7 Å². The summed E-state index contributed by atoms with van der Waals surface area (Å²) in [5.41, 5.74) is 0.526. The Labute approximate surface area is 182 Å². The monoisotopic (exact) mass is 470 g/mol. The predicted molar refractivity (Wildman–Crippen MR) is 114 cm³/mol. The summed E-state index contributed by atoms with van der Waals surface area (Å²) in [6, 6.07) is 12.9. The molecule has 0 radical (unpaired) electrons. The van der Waals surface area contributed by atoms with Crippen LogP contribution in [-0.2, 0) is 27.4 Å². The molecule has 0 unspecified atom stereocenters. The molecule has 1 aromatic heterocycles. The second kappa shape index (κ2) is 9.17. The van der Waals surface area contributed by atoms with Gasteiger partial charge in [0.1, 0.15) is 11.6 Å². The first-order chi connectivity index (χ1) is 13.8. The fourth-order valence-corrected chi connectivity index (χ4v) is 4.74. The number of carbonyl (C=O) groups excluding carboxylic acids is 1. The Bertz CT molecular complexity index is 1140. The molecule has 29 heavy (non-hydrogen) atoms. The molecule has 3 rings (SSSR count). The van der Waals surface area contributed by atoms with Crippen molar-refractivity contribution in [2.24, 2.45) is 7.05 Å². The van der Waals surface area contributed by atoms with E-state index in [2.05, 4.69) is 15.5 Å². The van der Waals surface area contributed by atoms with Gasteiger partial charge in [-0.3, -0.25) is 4.79 Å². The number of sulfone groups is 1. The third kappa shape index (κ3) is 5.51. The molecule has 11 heteroatoms. The van der Waals surface area contributed by atoms with Crippen molar-refractivity contribution in [3.63, 3.8) is 0 Å². The van der Waals surface area contributed by atoms with Gasteiger partial charge in [-0.15, -0.1) is 10.2 Å². The van der Waals surface area contributed by atoms with Crippen molar-refractivity contribution in [2.45, 2.75) is 15.8 Å². The number of halogens is 2. The van der Waals surface area contributed by atoms with Crippen LogP contribution in [0.2, 0.25) is 10.0 Å². The van der Waals surface area contributed by atoms with Crippen LogP contribution in [0.5, 0.6) is 0 Å². The van der Waals surface area contributed by atoms with Crippen LogP contribution in [0.25, 0.3) is 0 Å². The topological polar surface area (TPSA) is 93.9 Å². The molecule has 1 N–H and O–H groups in total. The predicted octanol–water partition coefficient (Wildman–Crippen LogP) is 3.83. The minimum Gasteiger partial charge on any atom is -0.325 e. The van der Waals surface area contributed by atoms with Crippen LogP contribution in [0.1, 0.15) is 5.82 Å². The minimum absolute atomic E-state index is 0.0671. The first kappa shape index (κ1) is 21.6. The molecule has 1 heterocycles. The fourth-order valence-electron chi connectivity index (χ4n) is 2.38. The molecule has 0 aliphatic rings. The van der Waals surface area contributed by atoms with E-state index in [-0.39, 0.29) is 22.3 Å². The van der Waals surface area contributed by atoms with Gasteiger partial charge in [-0.2, -0.15) is 0 Å². The molecule has 0 atom stereocenters. The summed E-state index contributed by atoms with van der Waals surface area (Å²) < 4.78 is 26.6. The van der Waals surface area contributed by atoms with Crippen molar-refractivity contribution in [1.82, 2.24) is 14.8 Å². The maximum Gasteiger partial charge on any atom is 0.234 e. The zero-order valence-electron chi connectivity index (χ0n) is 15.2. The van der Waals surface area contributed by atoms with Gasteiger partial charge in [-0.05, 0) is 30.3 Å². The molecule has 0 aliphatic heterocycles. The van der Waals surface area contributed by atoms with Crippen molar-refractivity contribution in [3.8, 4) is 0 Å². The standard InChI is InChI=1S/C18H16Cl2N4O3S2/c1-24-16(11-29(26,27)13-5-3-2-4-6-13)22-23-18(24)28-10-17(25)21-12-7-8-14(19)15(20)9-12/h2-9H,10-11H2,1H3,(H,21,25). The van der Waals surface area contributed by atoms with Crippen molar-refractivity contribution in [3.05, 3.63) is 64.4 Å². The summed E-state index contributed by atoms with van der Waals surface area (Å²) >= 11 is 12.9. The Kier molecular flexibility index (Phi) is 6.84. The maximum atomic E-state index is 12.5. The van der Waals surface area contributed by atoms with E-state index in [1.807, 2.05) is 0 Å². The Morgan fingerprint density at radius 1 is 1.10 bits per heavy atom. The average molecular weight is 471 g/mol. The van der Waals surface area contributed by atoms with Crippen molar-refractivity contribution in [2.75, 3.05) is 11.1 Å². The lowest BCUT2D eigenvalue weighted by atomic mass is 10.3. The summed E-state index contributed by atoms with van der Waals surface area (Å²) in [6.45, 7) is 0. The average Bonchev–Trinajstić information content (AvgIpc) is 3.03. The number of amides is 1. The van der Waals surface area contributed by atoms with E-state index in [9.17, 15) is 13.2 Å². The third-order valence-corrected chi connectivity index (χ3v) is 7.27. The van der Waals surface area contributed by atoms with Gasteiger partial charge in [0.05, 0.1) is 20.7 Å². The van der Waals surface area contributed by atoms with Crippen LogP contribution in [0.15, 0.2) is 58.6 Å². The smallest absolute Gasteiger partial charge is 0.234 e. The second-order valence-corrected chi connectivity index (χ2v) is 9.74. The lowest BCUT2D eigenvalue weighted by molar-refractivity contribution is -0.113. The van der Waals surface area contributed by atoms with Crippen LogP contribution in [0.4, 0.5) is 5.69 Å². The summed E-state index contributed by atoms with van der Waals surface area (Å²) in [5.74, 6) is -0.190. The first-order valence-electron chi connectivity index (χ1n) is 8.30. The number of carbonyl (C=O) groups is 1. The van der Waals surface area contributed by atoms with E-state index in [1.54, 1.807) is 48.0 Å². The van der Waals surface area contributed by atoms with Crippen LogP contribution in [0.3, 0.4) is 0 Å². The number of nitrogens with one attached hydrogen (secondary N) is 1. The normalized spacial score (nSPS) is 11.4. The van der Waals surface area contributed by atoms with E-state index in [4.69, 9.17) is 23.2 Å². The number of hydrogen-bond donors (Lipinski definition) is 1. The molecule has 1 amide bonds. The molecule has 0 bridgehead atoms. The van der Waals surface area contributed by atoms with Crippen molar-refractivity contribution >= 4 is 56.4 Å². The zero-order chi connectivity index (χ0) is 21.0. The Morgan fingerprint density at radius 3 is 2.52 bits per heavy atom.